The standard InChI is InChI=1S/C16H20BrN3/c1-20-8-9(7-18)5-11-10-3-2-4-13-15(10)12(6-14(11)20)16(17)19-13/h2-4,9,11,14,19H,5-8,18H2,1H3/t9-,11+,14+/m0/s1. The van der Waals surface area contributed by atoms with Crippen molar-refractivity contribution >= 4 is 26.8 Å². The smallest absolute Gasteiger partial charge is 0.0864 e. The average Bonchev–Trinajstić information content (AvgIpc) is 2.77. The highest BCUT2D eigenvalue weighted by atomic mass is 79.9. The van der Waals surface area contributed by atoms with Crippen molar-refractivity contribution in [3.63, 3.8) is 0 Å². The van der Waals surface area contributed by atoms with E-state index in [4.69, 9.17) is 5.73 Å². The van der Waals surface area contributed by atoms with Gasteiger partial charge in [0.2, 0.25) is 0 Å². The second kappa shape index (κ2) is 4.58. The van der Waals surface area contributed by atoms with Crippen LogP contribution in [0.15, 0.2) is 22.8 Å². The van der Waals surface area contributed by atoms with Gasteiger partial charge in [0.05, 0.1) is 4.60 Å². The van der Waals surface area contributed by atoms with Crippen LogP contribution in [0.25, 0.3) is 10.9 Å². The summed E-state index contributed by atoms with van der Waals surface area (Å²) in [6.07, 6.45) is 2.36. The van der Waals surface area contributed by atoms with Gasteiger partial charge in [0.25, 0.3) is 0 Å². The number of fused-ring (bicyclic) bond motifs is 2. The lowest BCUT2D eigenvalue weighted by atomic mass is 9.72. The van der Waals surface area contributed by atoms with E-state index in [0.29, 0.717) is 17.9 Å². The Labute approximate surface area is 127 Å². The fourth-order valence-electron chi connectivity index (χ4n) is 4.27. The van der Waals surface area contributed by atoms with Crippen LogP contribution in [-0.4, -0.2) is 36.1 Å². The third kappa shape index (κ3) is 1.71. The number of nitrogens with two attached hydrogens (primary N) is 1. The third-order valence-corrected chi connectivity index (χ3v) is 5.89. The molecular weight excluding hydrogens is 314 g/mol. The number of H-pyrrole nitrogens is 1. The van der Waals surface area contributed by atoms with Crippen LogP contribution < -0.4 is 5.73 Å². The zero-order valence-electron chi connectivity index (χ0n) is 11.7. The first-order valence-electron chi connectivity index (χ1n) is 7.38. The molecule has 1 aliphatic heterocycles. The van der Waals surface area contributed by atoms with Crippen LogP contribution in [0.5, 0.6) is 0 Å². The van der Waals surface area contributed by atoms with E-state index >= 15 is 0 Å². The lowest BCUT2D eigenvalue weighted by molar-refractivity contribution is 0.115. The van der Waals surface area contributed by atoms with Crippen LogP contribution in [0.1, 0.15) is 23.5 Å². The maximum Gasteiger partial charge on any atom is 0.0864 e. The molecule has 4 rings (SSSR count). The van der Waals surface area contributed by atoms with E-state index < -0.39 is 0 Å². The van der Waals surface area contributed by atoms with Gasteiger partial charge in [-0.1, -0.05) is 12.1 Å². The minimum Gasteiger partial charge on any atom is -0.349 e. The molecule has 1 saturated heterocycles. The lowest BCUT2D eigenvalue weighted by Gasteiger charge is -2.45. The number of benzene rings is 1. The van der Waals surface area contributed by atoms with E-state index in [1.807, 2.05) is 0 Å². The maximum absolute atomic E-state index is 5.94. The first-order valence-corrected chi connectivity index (χ1v) is 8.17. The highest BCUT2D eigenvalue weighted by Crippen LogP contribution is 2.45. The molecule has 3 N–H and O–H groups in total. The molecule has 3 atom stereocenters. The minimum absolute atomic E-state index is 0.614. The molecule has 0 amide bonds. The van der Waals surface area contributed by atoms with Crippen molar-refractivity contribution in [3.8, 4) is 0 Å². The summed E-state index contributed by atoms with van der Waals surface area (Å²) >= 11 is 3.71. The first kappa shape index (κ1) is 12.9. The maximum atomic E-state index is 5.94. The summed E-state index contributed by atoms with van der Waals surface area (Å²) in [5, 5.41) is 1.45. The van der Waals surface area contributed by atoms with Gasteiger partial charge in [-0.15, -0.1) is 0 Å². The largest absolute Gasteiger partial charge is 0.349 e. The minimum atomic E-state index is 0.614. The van der Waals surface area contributed by atoms with Crippen LogP contribution in [0.3, 0.4) is 0 Å². The van der Waals surface area contributed by atoms with Gasteiger partial charge >= 0.3 is 0 Å². The van der Waals surface area contributed by atoms with E-state index in [2.05, 4.69) is 51.1 Å². The van der Waals surface area contributed by atoms with Crippen LogP contribution in [0.4, 0.5) is 0 Å². The third-order valence-electron chi connectivity index (χ3n) is 5.22. The van der Waals surface area contributed by atoms with Crippen molar-refractivity contribution in [1.29, 1.82) is 0 Å². The second-order valence-electron chi connectivity index (χ2n) is 6.34. The number of aromatic amines is 1. The Morgan fingerprint density at radius 2 is 2.30 bits per heavy atom. The van der Waals surface area contributed by atoms with Gasteiger partial charge in [-0.25, -0.2) is 0 Å². The van der Waals surface area contributed by atoms with Gasteiger partial charge < -0.3 is 15.6 Å². The van der Waals surface area contributed by atoms with E-state index in [1.165, 1.54) is 28.5 Å². The normalized spacial score (nSPS) is 29.6. The summed E-state index contributed by atoms with van der Waals surface area (Å²) in [6.45, 7) is 1.93. The molecule has 3 nitrogen and oxygen atoms in total. The number of nitrogens with zero attached hydrogens (tertiary/aromatic N) is 1. The van der Waals surface area contributed by atoms with E-state index in [9.17, 15) is 0 Å². The Bertz CT molecular complexity index is 663. The molecule has 0 spiro atoms. The monoisotopic (exact) mass is 333 g/mol. The average molecular weight is 334 g/mol. The second-order valence-corrected chi connectivity index (χ2v) is 7.14. The van der Waals surface area contributed by atoms with Crippen LogP contribution >= 0.6 is 15.9 Å². The van der Waals surface area contributed by atoms with Crippen LogP contribution in [-0.2, 0) is 6.42 Å². The number of likely N-dealkylation sites (N-methyl/N-ethyl adjacent to an activating group) is 1. The summed E-state index contributed by atoms with van der Waals surface area (Å²) in [4.78, 5) is 6.00. The molecule has 0 saturated carbocycles. The molecule has 2 aromatic rings. The highest BCUT2D eigenvalue weighted by molar-refractivity contribution is 9.10. The van der Waals surface area contributed by atoms with Crippen molar-refractivity contribution < 1.29 is 0 Å². The molecule has 20 heavy (non-hydrogen) atoms. The number of halogens is 1. The van der Waals surface area contributed by atoms with E-state index in [1.54, 1.807) is 0 Å². The molecule has 1 aromatic carbocycles. The quantitative estimate of drug-likeness (QED) is 0.842. The fourth-order valence-corrected chi connectivity index (χ4v) is 4.84. The Kier molecular flexibility index (Phi) is 2.95. The topological polar surface area (TPSA) is 45.0 Å². The summed E-state index contributed by atoms with van der Waals surface area (Å²) in [5.41, 5.74) is 10.2. The summed E-state index contributed by atoms with van der Waals surface area (Å²) in [7, 11) is 2.26. The van der Waals surface area contributed by atoms with Crippen LogP contribution in [0.2, 0.25) is 0 Å². The molecule has 0 radical (unpaired) electrons. The molecule has 106 valence electrons. The molecule has 2 heterocycles. The number of piperidine rings is 1. The molecule has 1 aliphatic carbocycles. The highest BCUT2D eigenvalue weighted by Gasteiger charge is 2.39. The molecule has 4 heteroatoms. The molecule has 0 bridgehead atoms. The van der Waals surface area contributed by atoms with Crippen LogP contribution in [0, 0.1) is 5.92 Å². The molecular formula is C16H20BrN3. The Hall–Kier alpha value is -0.840. The first-order chi connectivity index (χ1) is 9.69. The van der Waals surface area contributed by atoms with Crippen molar-refractivity contribution in [2.24, 2.45) is 11.7 Å². The van der Waals surface area contributed by atoms with Crippen molar-refractivity contribution in [2.45, 2.75) is 24.8 Å². The van der Waals surface area contributed by atoms with E-state index in [0.717, 1.165) is 24.1 Å². The predicted molar refractivity (Wildman–Crippen MR) is 86.0 cm³/mol. The number of rotatable bonds is 1. The number of hydrogen-bond acceptors (Lipinski definition) is 2. The molecule has 2 aliphatic rings. The number of likely N-dealkylation sites (tertiary alicyclic amines) is 1. The number of nitrogens with one attached hydrogen (secondary N) is 1. The molecule has 1 fully saturated rings. The zero-order chi connectivity index (χ0) is 13.9. The van der Waals surface area contributed by atoms with Gasteiger partial charge in [0.15, 0.2) is 0 Å². The molecule has 0 unspecified atom stereocenters. The van der Waals surface area contributed by atoms with Crippen molar-refractivity contribution in [1.82, 2.24) is 9.88 Å². The van der Waals surface area contributed by atoms with Gasteiger partial charge in [-0.05, 0) is 65.5 Å². The summed E-state index contributed by atoms with van der Waals surface area (Å²) in [6, 6.07) is 7.29. The predicted octanol–water partition coefficient (Wildman–Crippen LogP) is 2.85. The Morgan fingerprint density at radius 3 is 3.10 bits per heavy atom. The van der Waals surface area contributed by atoms with Gasteiger partial charge in [-0.2, -0.15) is 0 Å². The fraction of sp³-hybridized carbons (Fsp3) is 0.500. The van der Waals surface area contributed by atoms with Gasteiger partial charge in [0.1, 0.15) is 0 Å². The summed E-state index contributed by atoms with van der Waals surface area (Å²) in [5.74, 6) is 1.25. The van der Waals surface area contributed by atoms with Gasteiger partial charge in [-0.3, -0.25) is 0 Å². The Balaban J connectivity index is 1.89. The zero-order valence-corrected chi connectivity index (χ0v) is 13.3. The lowest BCUT2D eigenvalue weighted by Crippen LogP contribution is -2.49. The van der Waals surface area contributed by atoms with Crippen molar-refractivity contribution in [3.05, 3.63) is 33.9 Å². The number of hydrogen-bond donors (Lipinski definition) is 2. The summed E-state index contributed by atoms with van der Waals surface area (Å²) < 4.78 is 1.16. The van der Waals surface area contributed by atoms with Crippen molar-refractivity contribution in [2.75, 3.05) is 20.1 Å². The van der Waals surface area contributed by atoms with Gasteiger partial charge in [0, 0.05) is 29.4 Å². The van der Waals surface area contributed by atoms with E-state index in [-0.39, 0.29) is 0 Å². The number of aromatic nitrogens is 1. The SMILES string of the molecule is CN1C[C@H](CN)C[C@@H]2c3cccc4[nH]c(Br)c(c34)C[C@H]21. The Morgan fingerprint density at radius 1 is 1.45 bits per heavy atom. The molecule has 1 aromatic heterocycles.